The van der Waals surface area contributed by atoms with Crippen molar-refractivity contribution in [1.29, 1.82) is 5.41 Å². The molecule has 1 N–H and O–H groups in total. The molecule has 14 heavy (non-hydrogen) atoms. The lowest BCUT2D eigenvalue weighted by Gasteiger charge is -2.12. The monoisotopic (exact) mass is 247 g/mol. The third kappa shape index (κ3) is 3.19. The van der Waals surface area contributed by atoms with Gasteiger partial charge in [-0.2, -0.15) is 0 Å². The van der Waals surface area contributed by atoms with E-state index >= 15 is 0 Å². The maximum absolute atomic E-state index is 7.38. The molecule has 0 aliphatic rings. The van der Waals surface area contributed by atoms with Gasteiger partial charge in [0.15, 0.2) is 0 Å². The molecular weight excluding hydrogens is 237 g/mol. The average Bonchev–Trinajstić information content (AvgIpc) is 2.01. The Morgan fingerprint density at radius 3 is 2.57 bits per heavy atom. The van der Waals surface area contributed by atoms with Crippen molar-refractivity contribution < 1.29 is 0 Å². The Morgan fingerprint density at radius 2 is 2.07 bits per heavy atom. The number of rotatable bonds is 2. The van der Waals surface area contributed by atoms with Gasteiger partial charge in [0.2, 0.25) is 0 Å². The van der Waals surface area contributed by atoms with E-state index in [4.69, 9.17) is 28.6 Å². The van der Waals surface area contributed by atoms with Gasteiger partial charge < -0.3 is 0 Å². The summed E-state index contributed by atoms with van der Waals surface area (Å²) in [5.74, 6) is 0. The molecule has 0 aliphatic carbocycles. The summed E-state index contributed by atoms with van der Waals surface area (Å²) in [6, 6.07) is 5.46. The Bertz CT molecular complexity index is 352. The van der Waals surface area contributed by atoms with Crippen LogP contribution >= 0.6 is 35.0 Å². The number of thioether (sulfide) groups is 1. The normalized spacial score (nSPS) is 12.6. The van der Waals surface area contributed by atoms with Gasteiger partial charge in [0.25, 0.3) is 0 Å². The first-order valence-corrected chi connectivity index (χ1v) is 5.81. The Morgan fingerprint density at radius 1 is 1.43 bits per heavy atom. The fourth-order valence-corrected chi connectivity index (χ4v) is 2.66. The molecule has 0 spiro atoms. The van der Waals surface area contributed by atoms with Crippen LogP contribution in [0.2, 0.25) is 10.0 Å². The topological polar surface area (TPSA) is 23.9 Å². The van der Waals surface area contributed by atoms with Crippen molar-refractivity contribution in [1.82, 2.24) is 0 Å². The highest BCUT2D eigenvalue weighted by Gasteiger charge is 2.11. The molecule has 1 rings (SSSR count). The first kappa shape index (κ1) is 11.9. The Hall–Kier alpha value is -0.180. The lowest BCUT2D eigenvalue weighted by Crippen LogP contribution is -1.92. The third-order valence-corrected chi connectivity index (χ3v) is 3.28. The molecule has 0 bridgehead atoms. The lowest BCUT2D eigenvalue weighted by atomic mass is 10.2. The van der Waals surface area contributed by atoms with Crippen LogP contribution < -0.4 is 0 Å². The zero-order valence-electron chi connectivity index (χ0n) is 7.97. The molecule has 1 atom stereocenters. The molecule has 4 heteroatoms. The lowest BCUT2D eigenvalue weighted by molar-refractivity contribution is 1.11. The van der Waals surface area contributed by atoms with Crippen LogP contribution in [0.25, 0.3) is 0 Å². The van der Waals surface area contributed by atoms with E-state index in [0.29, 0.717) is 15.1 Å². The zero-order valence-corrected chi connectivity index (χ0v) is 10.3. The van der Waals surface area contributed by atoms with Gasteiger partial charge in [-0.1, -0.05) is 29.3 Å². The van der Waals surface area contributed by atoms with Crippen molar-refractivity contribution in [3.63, 3.8) is 0 Å². The first-order valence-electron chi connectivity index (χ1n) is 4.17. The minimum Gasteiger partial charge on any atom is -0.299 e. The summed E-state index contributed by atoms with van der Waals surface area (Å²) in [6.45, 7) is 3.79. The van der Waals surface area contributed by atoms with E-state index in [0.717, 1.165) is 5.56 Å². The minimum absolute atomic E-state index is 0.192. The highest BCUT2D eigenvalue weighted by Crippen LogP contribution is 2.34. The van der Waals surface area contributed by atoms with Gasteiger partial charge in [-0.25, -0.2) is 0 Å². The second kappa shape index (κ2) is 5.06. The minimum atomic E-state index is 0.192. The van der Waals surface area contributed by atoms with Gasteiger partial charge >= 0.3 is 0 Å². The summed E-state index contributed by atoms with van der Waals surface area (Å²) in [4.78, 5) is 0. The van der Waals surface area contributed by atoms with Crippen LogP contribution in [0.15, 0.2) is 18.2 Å². The Balaban J connectivity index is 2.90. The second-order valence-corrected chi connectivity index (χ2v) is 5.38. The van der Waals surface area contributed by atoms with Crippen molar-refractivity contribution in [2.45, 2.75) is 19.1 Å². The number of halogens is 2. The molecule has 1 nitrogen and oxygen atoms in total. The van der Waals surface area contributed by atoms with Gasteiger partial charge in [-0.15, -0.1) is 11.8 Å². The first-order chi connectivity index (χ1) is 6.50. The Kier molecular flexibility index (Phi) is 4.30. The maximum Gasteiger partial charge on any atom is 0.0616 e. The summed E-state index contributed by atoms with van der Waals surface area (Å²) in [5.41, 5.74) is 1.02. The van der Waals surface area contributed by atoms with E-state index < -0.39 is 0 Å². The highest BCUT2D eigenvalue weighted by atomic mass is 35.5. The van der Waals surface area contributed by atoms with E-state index in [-0.39, 0.29) is 5.25 Å². The standard InChI is InChI=1S/C10H11Cl2NS/c1-6(14-7(2)13)9-4-3-8(11)5-10(9)12/h3-6,13H,1-2H3. The smallest absolute Gasteiger partial charge is 0.0616 e. The molecule has 76 valence electrons. The SMILES string of the molecule is CC(=N)SC(C)c1ccc(Cl)cc1Cl. The fourth-order valence-electron chi connectivity index (χ4n) is 1.16. The summed E-state index contributed by atoms with van der Waals surface area (Å²) < 4.78 is 0. The molecule has 0 heterocycles. The molecule has 1 aromatic rings. The number of benzene rings is 1. The van der Waals surface area contributed by atoms with Crippen LogP contribution in [0, 0.1) is 5.41 Å². The highest BCUT2D eigenvalue weighted by molar-refractivity contribution is 8.13. The summed E-state index contributed by atoms with van der Waals surface area (Å²) in [6.07, 6.45) is 0. The van der Waals surface area contributed by atoms with E-state index in [9.17, 15) is 0 Å². The van der Waals surface area contributed by atoms with Gasteiger partial charge in [-0.3, -0.25) is 5.41 Å². The quantitative estimate of drug-likeness (QED) is 0.590. The van der Waals surface area contributed by atoms with E-state index in [1.807, 2.05) is 19.1 Å². The van der Waals surface area contributed by atoms with Crippen molar-refractivity contribution in [2.75, 3.05) is 0 Å². The van der Waals surface area contributed by atoms with E-state index in [1.54, 1.807) is 13.0 Å². The van der Waals surface area contributed by atoms with Gasteiger partial charge in [-0.05, 0) is 31.5 Å². The number of hydrogen-bond acceptors (Lipinski definition) is 2. The summed E-state index contributed by atoms with van der Waals surface area (Å²) in [5, 5.41) is 9.47. The molecule has 0 fully saturated rings. The molecule has 1 aromatic carbocycles. The molecule has 0 saturated carbocycles. The van der Waals surface area contributed by atoms with Gasteiger partial charge in [0, 0.05) is 15.3 Å². The predicted octanol–water partition coefficient (Wildman–Crippen LogP) is 4.78. The summed E-state index contributed by atoms with van der Waals surface area (Å²) >= 11 is 13.3. The molecule has 0 radical (unpaired) electrons. The number of nitrogens with one attached hydrogen (secondary N) is 1. The van der Waals surface area contributed by atoms with Crippen LogP contribution in [0.1, 0.15) is 24.7 Å². The van der Waals surface area contributed by atoms with Crippen molar-refractivity contribution in [2.24, 2.45) is 0 Å². The number of hydrogen-bond donors (Lipinski definition) is 1. The molecule has 0 aliphatic heterocycles. The van der Waals surface area contributed by atoms with E-state index in [2.05, 4.69) is 0 Å². The largest absolute Gasteiger partial charge is 0.299 e. The third-order valence-electron chi connectivity index (χ3n) is 1.75. The van der Waals surface area contributed by atoms with Crippen LogP contribution in [-0.4, -0.2) is 5.04 Å². The van der Waals surface area contributed by atoms with E-state index in [1.165, 1.54) is 11.8 Å². The molecule has 0 amide bonds. The van der Waals surface area contributed by atoms with Crippen LogP contribution in [0.3, 0.4) is 0 Å². The maximum atomic E-state index is 7.38. The van der Waals surface area contributed by atoms with Crippen molar-refractivity contribution >= 4 is 40.0 Å². The molecule has 0 aromatic heterocycles. The van der Waals surface area contributed by atoms with Crippen LogP contribution in [-0.2, 0) is 0 Å². The molecule has 1 unspecified atom stereocenters. The molecular formula is C10H11Cl2NS. The predicted molar refractivity (Wildman–Crippen MR) is 65.9 cm³/mol. The summed E-state index contributed by atoms with van der Waals surface area (Å²) in [7, 11) is 0. The Labute approximate surface area is 98.3 Å². The van der Waals surface area contributed by atoms with Gasteiger partial charge in [0.1, 0.15) is 0 Å². The van der Waals surface area contributed by atoms with Crippen LogP contribution in [0.5, 0.6) is 0 Å². The van der Waals surface area contributed by atoms with Crippen molar-refractivity contribution in [3.05, 3.63) is 33.8 Å². The van der Waals surface area contributed by atoms with Crippen LogP contribution in [0.4, 0.5) is 0 Å². The fraction of sp³-hybridized carbons (Fsp3) is 0.300. The van der Waals surface area contributed by atoms with Gasteiger partial charge in [0.05, 0.1) is 5.04 Å². The average molecular weight is 248 g/mol. The van der Waals surface area contributed by atoms with Crippen molar-refractivity contribution in [3.8, 4) is 0 Å². The second-order valence-electron chi connectivity index (χ2n) is 2.98. The molecule has 0 saturated heterocycles. The zero-order chi connectivity index (χ0) is 10.7.